The van der Waals surface area contributed by atoms with Crippen molar-refractivity contribution in [3.05, 3.63) is 93.6 Å². The number of nitrogens with zero attached hydrogens (tertiary/aromatic N) is 3. The van der Waals surface area contributed by atoms with E-state index in [0.29, 0.717) is 32.1 Å². The third-order valence-corrected chi connectivity index (χ3v) is 6.43. The fourth-order valence-corrected chi connectivity index (χ4v) is 4.60. The smallest absolute Gasteiger partial charge is 0.269 e. The van der Waals surface area contributed by atoms with Gasteiger partial charge in [0.2, 0.25) is 5.88 Å². The Hall–Kier alpha value is -3.89. The van der Waals surface area contributed by atoms with Gasteiger partial charge in [0.1, 0.15) is 32.8 Å². The zero-order chi connectivity index (χ0) is 23.7. The summed E-state index contributed by atoms with van der Waals surface area (Å²) in [7, 11) is 1.57. The van der Waals surface area contributed by atoms with E-state index in [1.165, 1.54) is 21.6 Å². The van der Waals surface area contributed by atoms with Gasteiger partial charge in [0, 0.05) is 6.20 Å². The first-order valence-corrected chi connectivity index (χ1v) is 11.4. The quantitative estimate of drug-likeness (QED) is 0.288. The van der Waals surface area contributed by atoms with Crippen molar-refractivity contribution in [2.45, 2.75) is 6.54 Å². The highest BCUT2D eigenvalue weighted by Gasteiger charge is 2.33. The molecule has 0 atom stereocenters. The zero-order valence-electron chi connectivity index (χ0n) is 17.8. The fourth-order valence-electron chi connectivity index (χ4n) is 3.36. The van der Waals surface area contributed by atoms with Crippen LogP contribution in [0.4, 0.5) is 0 Å². The molecule has 4 heterocycles. The molecule has 3 aromatic heterocycles. The van der Waals surface area contributed by atoms with Gasteiger partial charge in [0.15, 0.2) is 0 Å². The van der Waals surface area contributed by atoms with E-state index < -0.39 is 0 Å². The van der Waals surface area contributed by atoms with Crippen LogP contribution in [0.15, 0.2) is 81.2 Å². The van der Waals surface area contributed by atoms with E-state index in [1.54, 1.807) is 67.9 Å². The summed E-state index contributed by atoms with van der Waals surface area (Å²) in [6.07, 6.45) is 4.63. The molecule has 1 aliphatic heterocycles. The molecule has 1 aliphatic rings. The van der Waals surface area contributed by atoms with E-state index in [-0.39, 0.29) is 29.5 Å². The highest BCUT2D eigenvalue weighted by atomic mass is 32.2. The van der Waals surface area contributed by atoms with Crippen LogP contribution in [-0.4, -0.2) is 31.6 Å². The molecular formula is C24H17N3O5S2. The SMILES string of the molecule is COc1ccc(Oc2nc3ccccn3c(=O)c2/C=C2\SC(=S)N(Cc3ccco3)C2=O)cc1. The van der Waals surface area contributed by atoms with Gasteiger partial charge >= 0.3 is 0 Å². The summed E-state index contributed by atoms with van der Waals surface area (Å²) < 4.78 is 18.3. The van der Waals surface area contributed by atoms with Crippen molar-refractivity contribution in [1.82, 2.24) is 14.3 Å². The number of methoxy groups -OCH3 is 1. The number of rotatable bonds is 6. The van der Waals surface area contributed by atoms with Gasteiger partial charge < -0.3 is 13.9 Å². The number of thioether (sulfide) groups is 1. The number of carbonyl (C=O) groups is 1. The normalized spacial score (nSPS) is 14.9. The number of hydrogen-bond acceptors (Lipinski definition) is 8. The van der Waals surface area contributed by atoms with Crippen LogP contribution >= 0.6 is 24.0 Å². The van der Waals surface area contributed by atoms with E-state index in [4.69, 9.17) is 26.1 Å². The minimum atomic E-state index is -0.370. The molecule has 1 aromatic carbocycles. The lowest BCUT2D eigenvalue weighted by Gasteiger charge is -2.12. The molecule has 1 saturated heterocycles. The van der Waals surface area contributed by atoms with Crippen molar-refractivity contribution in [2.24, 2.45) is 0 Å². The first-order chi connectivity index (χ1) is 16.5. The predicted octanol–water partition coefficient (Wildman–Crippen LogP) is 4.49. The highest BCUT2D eigenvalue weighted by Crippen LogP contribution is 2.35. The van der Waals surface area contributed by atoms with Gasteiger partial charge in [-0.15, -0.1) is 0 Å². The molecule has 0 N–H and O–H groups in total. The highest BCUT2D eigenvalue weighted by molar-refractivity contribution is 8.26. The Labute approximate surface area is 203 Å². The molecule has 0 saturated carbocycles. The Balaban J connectivity index is 1.56. The molecule has 8 nitrogen and oxygen atoms in total. The van der Waals surface area contributed by atoms with Gasteiger partial charge in [-0.2, -0.15) is 4.98 Å². The van der Waals surface area contributed by atoms with Crippen molar-refractivity contribution in [3.8, 4) is 17.4 Å². The molecule has 170 valence electrons. The van der Waals surface area contributed by atoms with Gasteiger partial charge in [-0.3, -0.25) is 18.9 Å². The average molecular weight is 492 g/mol. The topological polar surface area (TPSA) is 86.3 Å². The monoisotopic (exact) mass is 491 g/mol. The number of carbonyl (C=O) groups excluding carboxylic acids is 1. The number of fused-ring (bicyclic) bond motifs is 1. The van der Waals surface area contributed by atoms with E-state index >= 15 is 0 Å². The molecule has 0 spiro atoms. The maximum atomic E-state index is 13.4. The first kappa shape index (κ1) is 21.9. The summed E-state index contributed by atoms with van der Waals surface area (Å²) in [5.41, 5.74) is 0.182. The third-order valence-electron chi connectivity index (χ3n) is 5.05. The van der Waals surface area contributed by atoms with Crippen molar-refractivity contribution in [2.75, 3.05) is 7.11 Å². The summed E-state index contributed by atoms with van der Waals surface area (Å²) >= 11 is 6.51. The van der Waals surface area contributed by atoms with Gasteiger partial charge in [-0.25, -0.2) is 0 Å². The Bertz CT molecular complexity index is 1480. The lowest BCUT2D eigenvalue weighted by Crippen LogP contribution is -2.27. The van der Waals surface area contributed by atoms with E-state index in [2.05, 4.69) is 4.98 Å². The number of furan rings is 1. The molecule has 0 radical (unpaired) electrons. The van der Waals surface area contributed by atoms with Crippen molar-refractivity contribution in [1.29, 1.82) is 0 Å². The summed E-state index contributed by atoms with van der Waals surface area (Å²) in [4.78, 5) is 32.7. The second kappa shape index (κ2) is 9.16. The number of thiocarbonyl (C=S) groups is 1. The fraction of sp³-hybridized carbons (Fsp3) is 0.0833. The molecule has 1 amide bonds. The Kier molecular flexibility index (Phi) is 5.91. The lowest BCUT2D eigenvalue weighted by atomic mass is 10.2. The van der Waals surface area contributed by atoms with Crippen LogP contribution in [0.25, 0.3) is 11.7 Å². The van der Waals surface area contributed by atoms with Crippen molar-refractivity contribution >= 4 is 45.9 Å². The number of benzene rings is 1. The van der Waals surface area contributed by atoms with Crippen LogP contribution in [0.5, 0.6) is 17.4 Å². The second-order valence-electron chi connectivity index (χ2n) is 7.19. The number of hydrogen-bond donors (Lipinski definition) is 0. The number of aromatic nitrogens is 2. The largest absolute Gasteiger partial charge is 0.497 e. The second-order valence-corrected chi connectivity index (χ2v) is 8.87. The molecular weight excluding hydrogens is 474 g/mol. The maximum absolute atomic E-state index is 13.4. The van der Waals surface area contributed by atoms with Crippen LogP contribution in [0.2, 0.25) is 0 Å². The van der Waals surface area contributed by atoms with Crippen molar-refractivity contribution in [3.63, 3.8) is 0 Å². The van der Waals surface area contributed by atoms with E-state index in [1.807, 2.05) is 0 Å². The molecule has 0 bridgehead atoms. The molecule has 0 unspecified atom stereocenters. The molecule has 10 heteroatoms. The summed E-state index contributed by atoms with van der Waals surface area (Å²) in [5.74, 6) is 1.50. The first-order valence-electron chi connectivity index (χ1n) is 10.1. The minimum absolute atomic E-state index is 0.0812. The summed E-state index contributed by atoms with van der Waals surface area (Å²) in [5, 5.41) is 0. The van der Waals surface area contributed by atoms with Crippen LogP contribution in [0, 0.1) is 0 Å². The number of amides is 1. The van der Waals surface area contributed by atoms with E-state index in [0.717, 1.165) is 11.8 Å². The molecule has 1 fully saturated rings. The molecule has 5 rings (SSSR count). The van der Waals surface area contributed by atoms with Gasteiger partial charge in [-0.1, -0.05) is 30.0 Å². The average Bonchev–Trinajstić information content (AvgIpc) is 3.46. The van der Waals surface area contributed by atoms with Crippen molar-refractivity contribution < 1.29 is 18.7 Å². The summed E-state index contributed by atoms with van der Waals surface area (Å²) in [6.45, 7) is 0.208. The van der Waals surface area contributed by atoms with Crippen LogP contribution in [0.1, 0.15) is 11.3 Å². The van der Waals surface area contributed by atoms with Gasteiger partial charge in [0.25, 0.3) is 11.5 Å². The Morgan fingerprint density at radius 2 is 1.88 bits per heavy atom. The minimum Gasteiger partial charge on any atom is -0.497 e. The Morgan fingerprint density at radius 3 is 2.62 bits per heavy atom. The zero-order valence-corrected chi connectivity index (χ0v) is 19.5. The Morgan fingerprint density at radius 1 is 1.09 bits per heavy atom. The van der Waals surface area contributed by atoms with Crippen LogP contribution in [-0.2, 0) is 11.3 Å². The van der Waals surface area contributed by atoms with Gasteiger partial charge in [-0.05, 0) is 54.6 Å². The standard InChI is InChI=1S/C24H17N3O5S2/c1-30-15-7-9-16(10-8-15)32-21-18(22(28)26-11-3-2-6-20(26)25-21)13-19-23(29)27(24(33)34-19)14-17-5-4-12-31-17/h2-13H,14H2,1H3/b19-13-. The summed E-state index contributed by atoms with van der Waals surface area (Å²) in [6, 6.07) is 15.6. The van der Waals surface area contributed by atoms with E-state index in [9.17, 15) is 9.59 Å². The molecule has 34 heavy (non-hydrogen) atoms. The molecule has 0 aliphatic carbocycles. The number of ether oxygens (including phenoxy) is 2. The molecule has 4 aromatic rings. The predicted molar refractivity (Wildman–Crippen MR) is 132 cm³/mol. The lowest BCUT2D eigenvalue weighted by molar-refractivity contribution is -0.122. The number of pyridine rings is 1. The van der Waals surface area contributed by atoms with Crippen LogP contribution < -0.4 is 15.0 Å². The third kappa shape index (κ3) is 4.20. The van der Waals surface area contributed by atoms with Crippen LogP contribution in [0.3, 0.4) is 0 Å². The maximum Gasteiger partial charge on any atom is 0.269 e. The van der Waals surface area contributed by atoms with Gasteiger partial charge in [0.05, 0.1) is 24.8 Å².